The molecule has 0 unspecified atom stereocenters. The van der Waals surface area contributed by atoms with Gasteiger partial charge in [0.1, 0.15) is 6.20 Å². The van der Waals surface area contributed by atoms with E-state index in [2.05, 4.69) is 32.7 Å². The van der Waals surface area contributed by atoms with Crippen LogP contribution in [0.15, 0.2) is 28.6 Å². The van der Waals surface area contributed by atoms with Crippen molar-refractivity contribution in [2.75, 3.05) is 7.05 Å². The molecule has 1 amide bonds. The Labute approximate surface area is 92.9 Å². The van der Waals surface area contributed by atoms with Crippen molar-refractivity contribution >= 4 is 18.6 Å². The molecule has 2 N–H and O–H groups in total. The van der Waals surface area contributed by atoms with Crippen molar-refractivity contribution in [2.24, 2.45) is 17.1 Å². The van der Waals surface area contributed by atoms with Gasteiger partial charge in [0.15, 0.2) is 13.2 Å². The molecular formula is C9H13N6O+. The molecule has 0 aromatic carbocycles. The summed E-state index contributed by atoms with van der Waals surface area (Å²) in [5.74, 6) is -0.227. The van der Waals surface area contributed by atoms with Crippen molar-refractivity contribution in [2.45, 2.75) is 0 Å². The maximum absolute atomic E-state index is 11.6. The van der Waals surface area contributed by atoms with Crippen molar-refractivity contribution in [1.82, 2.24) is 15.8 Å². The number of guanidine groups is 1. The first-order chi connectivity index (χ1) is 7.67. The lowest BCUT2D eigenvalue weighted by molar-refractivity contribution is -0.730. The second kappa shape index (κ2) is 5.54. The number of hydrogen-bond acceptors (Lipinski definition) is 4. The number of hydrazone groups is 1. The fourth-order valence-electron chi connectivity index (χ4n) is 0.940. The standard InChI is InChI=1S/C9H12N6O/c1-10-9(14-11-2)13-8(16)7-4-5-15(3)12-6-7/h4-6H,1H2,2-3H3,(H,12,16)/p+1. The molecule has 1 heterocycles. The monoisotopic (exact) mass is 221 g/mol. The number of hydrogen-bond donors (Lipinski definition) is 2. The number of carbonyl (C=O) groups excluding carboxylic acids is 1. The largest absolute Gasteiger partial charge is 0.310 e. The van der Waals surface area contributed by atoms with Crippen LogP contribution in [0, 0.1) is 0 Å². The average Bonchev–Trinajstić information content (AvgIpc) is 2.29. The van der Waals surface area contributed by atoms with Crippen molar-refractivity contribution < 1.29 is 9.48 Å². The van der Waals surface area contributed by atoms with Crippen LogP contribution in [0.2, 0.25) is 0 Å². The Balaban J connectivity index is 2.75. The zero-order valence-electron chi connectivity index (χ0n) is 9.14. The molecule has 0 atom stereocenters. The molecule has 0 saturated heterocycles. The van der Waals surface area contributed by atoms with Crippen LogP contribution in [0.25, 0.3) is 0 Å². The van der Waals surface area contributed by atoms with Gasteiger partial charge < -0.3 is 5.43 Å². The molecule has 7 nitrogen and oxygen atoms in total. The molecule has 0 bridgehead atoms. The molecule has 84 valence electrons. The highest BCUT2D eigenvalue weighted by Crippen LogP contribution is 1.92. The van der Waals surface area contributed by atoms with E-state index in [9.17, 15) is 4.79 Å². The molecule has 1 rings (SSSR count). The molecule has 0 aliphatic carbocycles. The van der Waals surface area contributed by atoms with Crippen molar-refractivity contribution in [3.05, 3.63) is 24.0 Å². The van der Waals surface area contributed by atoms with Crippen molar-refractivity contribution in [1.29, 1.82) is 0 Å². The topological polar surface area (TPSA) is 82.6 Å². The normalized spacial score (nSPS) is 10.8. The molecule has 0 fully saturated rings. The van der Waals surface area contributed by atoms with Crippen LogP contribution < -0.4 is 15.4 Å². The number of carbonyl (C=O) groups is 1. The Kier molecular flexibility index (Phi) is 4.07. The highest BCUT2D eigenvalue weighted by molar-refractivity contribution is 6.06. The first-order valence-electron chi connectivity index (χ1n) is 4.52. The summed E-state index contributed by atoms with van der Waals surface area (Å²) in [4.78, 5) is 15.2. The van der Waals surface area contributed by atoms with Crippen LogP contribution in [0.1, 0.15) is 10.4 Å². The second-order valence-corrected chi connectivity index (χ2v) is 2.86. The molecule has 1 aromatic rings. The van der Waals surface area contributed by atoms with E-state index in [1.165, 1.54) is 6.20 Å². The lowest BCUT2D eigenvalue weighted by atomic mass is 10.3. The van der Waals surface area contributed by atoms with Crippen LogP contribution in [0.3, 0.4) is 0 Å². The molecule has 1 aromatic heterocycles. The maximum Gasteiger partial charge on any atom is 0.260 e. The fourth-order valence-corrected chi connectivity index (χ4v) is 0.940. The van der Waals surface area contributed by atoms with E-state index in [0.29, 0.717) is 5.56 Å². The number of rotatable bonds is 2. The summed E-state index contributed by atoms with van der Waals surface area (Å²) in [7, 11) is 3.36. The molecular weight excluding hydrogens is 208 g/mol. The van der Waals surface area contributed by atoms with E-state index in [-0.39, 0.29) is 11.9 Å². The molecule has 16 heavy (non-hydrogen) atoms. The van der Waals surface area contributed by atoms with E-state index in [0.717, 1.165) is 0 Å². The van der Waals surface area contributed by atoms with E-state index in [1.54, 1.807) is 31.0 Å². The van der Waals surface area contributed by atoms with Gasteiger partial charge in [-0.05, 0) is 11.8 Å². The third kappa shape index (κ3) is 3.12. The Morgan fingerprint density at radius 1 is 1.62 bits per heavy atom. The number of aryl methyl sites for hydroxylation is 1. The SMILES string of the molecule is C=N/C(=N\NC)NC(=O)c1cc[n+](C)nc1. The Morgan fingerprint density at radius 2 is 2.38 bits per heavy atom. The minimum absolute atomic E-state index is 0.112. The first-order valence-corrected chi connectivity index (χ1v) is 4.52. The van der Waals surface area contributed by atoms with Crippen molar-refractivity contribution in [3.63, 3.8) is 0 Å². The third-order valence-corrected chi connectivity index (χ3v) is 1.70. The van der Waals surface area contributed by atoms with Crippen LogP contribution in [0.5, 0.6) is 0 Å². The number of aromatic nitrogens is 2. The zero-order chi connectivity index (χ0) is 12.0. The molecule has 0 aliphatic heterocycles. The average molecular weight is 221 g/mol. The van der Waals surface area contributed by atoms with Crippen LogP contribution >= 0.6 is 0 Å². The van der Waals surface area contributed by atoms with Crippen molar-refractivity contribution in [3.8, 4) is 0 Å². The highest BCUT2D eigenvalue weighted by Gasteiger charge is 2.09. The second-order valence-electron chi connectivity index (χ2n) is 2.86. The molecule has 7 heteroatoms. The van der Waals surface area contributed by atoms with E-state index in [4.69, 9.17) is 0 Å². The van der Waals surface area contributed by atoms with E-state index < -0.39 is 0 Å². The number of amides is 1. The fraction of sp³-hybridized carbons (Fsp3) is 0.222. The summed E-state index contributed by atoms with van der Waals surface area (Å²) in [6.07, 6.45) is 3.13. The minimum Gasteiger partial charge on any atom is -0.310 e. The summed E-state index contributed by atoms with van der Waals surface area (Å²) in [5, 5.41) is 10.1. The van der Waals surface area contributed by atoms with E-state index >= 15 is 0 Å². The van der Waals surface area contributed by atoms with Gasteiger partial charge in [-0.25, -0.2) is 4.99 Å². The Bertz CT molecular complexity index is 411. The van der Waals surface area contributed by atoms with Gasteiger partial charge in [0.05, 0.1) is 5.56 Å². The number of aliphatic imine (C=N–C) groups is 1. The molecule has 0 aliphatic rings. The van der Waals surface area contributed by atoms with Gasteiger partial charge in [-0.1, -0.05) is 4.68 Å². The van der Waals surface area contributed by atoms with Crippen LogP contribution in [-0.2, 0) is 7.05 Å². The number of nitrogens with zero attached hydrogens (tertiary/aromatic N) is 4. The quantitative estimate of drug-likeness (QED) is 0.285. The lowest BCUT2D eigenvalue weighted by Gasteiger charge is -2.02. The lowest BCUT2D eigenvalue weighted by Crippen LogP contribution is -2.34. The molecule has 0 saturated carbocycles. The summed E-state index contributed by atoms with van der Waals surface area (Å²) >= 11 is 0. The summed E-state index contributed by atoms with van der Waals surface area (Å²) in [6.45, 7) is 3.29. The van der Waals surface area contributed by atoms with Gasteiger partial charge in [0, 0.05) is 13.1 Å². The molecule has 0 radical (unpaired) electrons. The van der Waals surface area contributed by atoms with Crippen LogP contribution in [0.4, 0.5) is 0 Å². The summed E-state index contributed by atoms with van der Waals surface area (Å²) in [5.41, 5.74) is 2.93. The summed E-state index contributed by atoms with van der Waals surface area (Å²) in [6, 6.07) is 1.64. The third-order valence-electron chi connectivity index (χ3n) is 1.70. The maximum atomic E-state index is 11.6. The van der Waals surface area contributed by atoms with Gasteiger partial charge >= 0.3 is 0 Å². The zero-order valence-corrected chi connectivity index (χ0v) is 9.14. The first kappa shape index (κ1) is 11.8. The molecule has 0 spiro atoms. The highest BCUT2D eigenvalue weighted by atomic mass is 16.1. The van der Waals surface area contributed by atoms with Gasteiger partial charge in [0.2, 0.25) is 5.96 Å². The Hall–Kier alpha value is -2.31. The van der Waals surface area contributed by atoms with Gasteiger partial charge in [-0.2, -0.15) is 0 Å². The van der Waals surface area contributed by atoms with Gasteiger partial charge in [0.25, 0.3) is 5.91 Å². The summed E-state index contributed by atoms with van der Waals surface area (Å²) < 4.78 is 1.59. The van der Waals surface area contributed by atoms with Crippen LogP contribution in [-0.4, -0.2) is 30.7 Å². The van der Waals surface area contributed by atoms with Gasteiger partial charge in [-0.15, -0.1) is 5.10 Å². The van der Waals surface area contributed by atoms with Gasteiger partial charge in [-0.3, -0.25) is 10.1 Å². The predicted octanol–water partition coefficient (Wildman–Crippen LogP) is -1.17. The number of nitrogens with one attached hydrogen (secondary N) is 2. The predicted molar refractivity (Wildman–Crippen MR) is 58.9 cm³/mol. The Morgan fingerprint density at radius 3 is 2.88 bits per heavy atom. The minimum atomic E-state index is -0.338. The van der Waals surface area contributed by atoms with E-state index in [1.807, 2.05) is 0 Å². The smallest absolute Gasteiger partial charge is 0.260 e.